The fourth-order valence-corrected chi connectivity index (χ4v) is 7.34. The number of fused-ring (bicyclic) bond motifs is 1. The fourth-order valence-electron chi connectivity index (χ4n) is 3.95. The molecular formula is C25H23FN3OS3+. The zero-order chi connectivity index (χ0) is 23.1. The van der Waals surface area contributed by atoms with E-state index in [1.807, 2.05) is 49.7 Å². The van der Waals surface area contributed by atoms with Crippen LogP contribution in [0, 0.1) is 5.82 Å². The summed E-state index contributed by atoms with van der Waals surface area (Å²) in [6.45, 7) is 4.81. The third-order valence-corrected chi connectivity index (χ3v) is 8.82. The number of nitrogens with zero attached hydrogens (tertiary/aromatic N) is 3. The monoisotopic (exact) mass is 496 g/mol. The second kappa shape index (κ2) is 8.93. The first-order valence-corrected chi connectivity index (χ1v) is 13.1. The largest absolute Gasteiger partial charge is 0.334 e. The van der Waals surface area contributed by atoms with Crippen molar-refractivity contribution in [2.45, 2.75) is 31.3 Å². The first-order chi connectivity index (χ1) is 15.9. The Kier molecular flexibility index (Phi) is 5.99. The lowest BCUT2D eigenvalue weighted by Gasteiger charge is -2.13. The van der Waals surface area contributed by atoms with Crippen LogP contribution in [0.5, 0.6) is 0 Å². The molecule has 0 aliphatic carbocycles. The molecule has 2 aromatic carbocycles. The Balaban J connectivity index is 1.65. The van der Waals surface area contributed by atoms with Gasteiger partial charge in [0.05, 0.1) is 17.1 Å². The van der Waals surface area contributed by atoms with E-state index >= 15 is 0 Å². The number of halogens is 1. The van der Waals surface area contributed by atoms with Crippen molar-refractivity contribution in [1.29, 1.82) is 0 Å². The Morgan fingerprint density at radius 1 is 1.12 bits per heavy atom. The van der Waals surface area contributed by atoms with E-state index in [0.29, 0.717) is 10.2 Å². The molecule has 0 N–H and O–H groups in total. The predicted molar refractivity (Wildman–Crippen MR) is 136 cm³/mol. The molecule has 0 saturated carbocycles. The standard InChI is InChI=1S/C25H23FN3OS3/c1-16(2)29-21(14-20-28(12-13-31-20)15-17-8-5-4-6-9-17)33-23(24(29)30)25-27(3)22-18(26)10-7-11-19(22)32-25/h4-14,16H,15H2,1-3H3/q+1. The summed E-state index contributed by atoms with van der Waals surface area (Å²) in [5.41, 5.74) is 1.73. The highest BCUT2D eigenvalue weighted by Crippen LogP contribution is 2.46. The minimum Gasteiger partial charge on any atom is -0.334 e. The molecule has 2 aromatic heterocycles. The molecule has 0 spiro atoms. The molecule has 1 aliphatic rings. The Morgan fingerprint density at radius 3 is 2.64 bits per heavy atom. The fraction of sp³-hybridized carbons (Fsp3) is 0.200. The normalized spacial score (nSPS) is 15.5. The summed E-state index contributed by atoms with van der Waals surface area (Å²) >= 11 is 4.58. The van der Waals surface area contributed by atoms with Crippen LogP contribution >= 0.6 is 34.4 Å². The number of thioether (sulfide) groups is 1. The molecule has 4 nitrogen and oxygen atoms in total. The van der Waals surface area contributed by atoms with Crippen LogP contribution in [0.3, 0.4) is 0 Å². The van der Waals surface area contributed by atoms with Gasteiger partial charge in [-0.3, -0.25) is 9.36 Å². The maximum absolute atomic E-state index is 14.5. The van der Waals surface area contributed by atoms with Gasteiger partial charge in [-0.05, 0) is 26.0 Å². The summed E-state index contributed by atoms with van der Waals surface area (Å²) in [6, 6.07) is 15.4. The van der Waals surface area contributed by atoms with Crippen LogP contribution in [-0.4, -0.2) is 11.6 Å². The summed E-state index contributed by atoms with van der Waals surface area (Å²) in [5, 5.41) is 3.92. The maximum Gasteiger partial charge on any atom is 0.271 e. The number of para-hydroxylation sites is 1. The topological polar surface area (TPSA) is 29.1 Å². The number of thiazole rings is 2. The van der Waals surface area contributed by atoms with Gasteiger partial charge in [-0.2, -0.15) is 4.57 Å². The summed E-state index contributed by atoms with van der Waals surface area (Å²) in [4.78, 5) is 16.1. The number of benzene rings is 2. The summed E-state index contributed by atoms with van der Waals surface area (Å²) in [5.74, 6) is -0.273. The van der Waals surface area contributed by atoms with Crippen molar-refractivity contribution in [1.82, 2.24) is 4.57 Å². The molecule has 33 heavy (non-hydrogen) atoms. The smallest absolute Gasteiger partial charge is 0.271 e. The van der Waals surface area contributed by atoms with Crippen molar-refractivity contribution in [3.8, 4) is 0 Å². The summed E-state index contributed by atoms with van der Waals surface area (Å²) in [6.07, 6.45) is 4.17. The SMILES string of the molecule is CC(C)n1c(=Cc2scc[n+]2Cc2ccccc2)sc(=C2Sc3cccc(F)c3N2C)c1=O. The summed E-state index contributed by atoms with van der Waals surface area (Å²) in [7, 11) is 1.83. The van der Waals surface area contributed by atoms with E-state index in [0.717, 1.165) is 26.1 Å². The van der Waals surface area contributed by atoms with Crippen molar-refractivity contribution in [2.75, 3.05) is 11.9 Å². The highest BCUT2D eigenvalue weighted by atomic mass is 32.2. The van der Waals surface area contributed by atoms with E-state index in [9.17, 15) is 9.18 Å². The quantitative estimate of drug-likeness (QED) is 0.397. The first-order valence-electron chi connectivity index (χ1n) is 10.6. The van der Waals surface area contributed by atoms with Crippen molar-refractivity contribution in [3.63, 3.8) is 0 Å². The van der Waals surface area contributed by atoms with Gasteiger partial charge in [-0.15, -0.1) is 11.3 Å². The van der Waals surface area contributed by atoms with E-state index < -0.39 is 0 Å². The molecule has 0 radical (unpaired) electrons. The number of hydrogen-bond donors (Lipinski definition) is 0. The van der Waals surface area contributed by atoms with Crippen LogP contribution < -0.4 is 24.2 Å². The molecule has 0 bridgehead atoms. The van der Waals surface area contributed by atoms with Crippen LogP contribution in [0.15, 0.2) is 69.8 Å². The second-order valence-electron chi connectivity index (χ2n) is 8.09. The molecule has 0 atom stereocenters. The second-order valence-corrected chi connectivity index (χ2v) is 11.1. The predicted octanol–water partition coefficient (Wildman–Crippen LogP) is 4.16. The highest BCUT2D eigenvalue weighted by molar-refractivity contribution is 8.08. The highest BCUT2D eigenvalue weighted by Gasteiger charge is 2.28. The average molecular weight is 497 g/mol. The molecule has 0 fully saturated rings. The minimum atomic E-state index is -0.273. The van der Waals surface area contributed by atoms with Gasteiger partial charge in [-0.25, -0.2) is 4.39 Å². The van der Waals surface area contributed by atoms with Gasteiger partial charge < -0.3 is 4.90 Å². The van der Waals surface area contributed by atoms with Crippen LogP contribution in [0.25, 0.3) is 11.1 Å². The molecule has 0 saturated heterocycles. The van der Waals surface area contributed by atoms with E-state index in [1.54, 1.807) is 22.3 Å². The third kappa shape index (κ3) is 4.07. The minimum absolute atomic E-state index is 0.00714. The number of rotatable bonds is 4. The molecule has 0 unspecified atom stereocenters. The molecule has 1 aliphatic heterocycles. The van der Waals surface area contributed by atoms with Gasteiger partial charge in [0.1, 0.15) is 20.0 Å². The Hall–Kier alpha value is -2.68. The van der Waals surface area contributed by atoms with Crippen molar-refractivity contribution >= 4 is 51.2 Å². The maximum atomic E-state index is 14.5. The number of anilines is 1. The van der Waals surface area contributed by atoms with Gasteiger partial charge in [0.25, 0.3) is 10.6 Å². The van der Waals surface area contributed by atoms with Crippen LogP contribution in [0.4, 0.5) is 10.1 Å². The van der Waals surface area contributed by atoms with E-state index in [2.05, 4.69) is 34.4 Å². The molecule has 8 heteroatoms. The Labute approximate surface area is 203 Å². The third-order valence-electron chi connectivity index (χ3n) is 5.52. The molecular weight excluding hydrogens is 473 g/mol. The van der Waals surface area contributed by atoms with Gasteiger partial charge in [0, 0.05) is 23.5 Å². The lowest BCUT2D eigenvalue weighted by molar-refractivity contribution is -0.685. The van der Waals surface area contributed by atoms with Gasteiger partial charge in [-0.1, -0.05) is 59.5 Å². The van der Waals surface area contributed by atoms with Gasteiger partial charge in [0.2, 0.25) is 0 Å². The number of hydrogen-bond acceptors (Lipinski definition) is 5. The van der Waals surface area contributed by atoms with Gasteiger partial charge >= 0.3 is 0 Å². The molecule has 168 valence electrons. The molecule has 5 rings (SSSR count). The zero-order valence-corrected chi connectivity index (χ0v) is 20.9. The molecule has 3 heterocycles. The van der Waals surface area contributed by atoms with Crippen LogP contribution in [-0.2, 0) is 6.54 Å². The van der Waals surface area contributed by atoms with E-state index in [-0.39, 0.29) is 17.4 Å². The Morgan fingerprint density at radius 2 is 1.91 bits per heavy atom. The number of aromatic nitrogens is 2. The average Bonchev–Trinajstić information content (AvgIpc) is 3.46. The Bertz CT molecular complexity index is 1500. The molecule has 4 aromatic rings. The lowest BCUT2D eigenvalue weighted by Crippen LogP contribution is -2.37. The zero-order valence-electron chi connectivity index (χ0n) is 18.5. The van der Waals surface area contributed by atoms with Crippen LogP contribution in [0.1, 0.15) is 30.5 Å². The van der Waals surface area contributed by atoms with E-state index in [1.165, 1.54) is 34.7 Å². The van der Waals surface area contributed by atoms with Crippen molar-refractivity contribution in [2.24, 2.45) is 0 Å². The van der Waals surface area contributed by atoms with Gasteiger partial charge in [0.15, 0.2) is 12.7 Å². The molecule has 0 amide bonds. The van der Waals surface area contributed by atoms with Crippen molar-refractivity contribution < 1.29 is 8.96 Å². The summed E-state index contributed by atoms with van der Waals surface area (Å²) < 4.78 is 20.0. The first kappa shape index (κ1) is 22.1. The van der Waals surface area contributed by atoms with Crippen LogP contribution in [0.2, 0.25) is 0 Å². The van der Waals surface area contributed by atoms with E-state index in [4.69, 9.17) is 0 Å². The lowest BCUT2D eigenvalue weighted by atomic mass is 10.2. The van der Waals surface area contributed by atoms with Crippen molar-refractivity contribution in [3.05, 3.63) is 96.0 Å².